The van der Waals surface area contributed by atoms with Crippen molar-refractivity contribution >= 4 is 22.4 Å². The van der Waals surface area contributed by atoms with E-state index in [-0.39, 0.29) is 5.96 Å². The number of thiazole rings is 1. The summed E-state index contributed by atoms with van der Waals surface area (Å²) in [6.07, 6.45) is 4.59. The fourth-order valence-electron chi connectivity index (χ4n) is 2.07. The van der Waals surface area contributed by atoms with Gasteiger partial charge in [0.2, 0.25) is 5.13 Å². The van der Waals surface area contributed by atoms with Crippen molar-refractivity contribution in [2.75, 3.05) is 0 Å². The van der Waals surface area contributed by atoms with Gasteiger partial charge in [-0.25, -0.2) is 4.98 Å². The van der Waals surface area contributed by atoms with Gasteiger partial charge in [0.25, 0.3) is 0 Å². The molecule has 1 aromatic rings. The number of aryl methyl sites for hydroxylation is 1. The predicted octanol–water partition coefficient (Wildman–Crippen LogP) is 1.95. The highest BCUT2D eigenvalue weighted by molar-refractivity contribution is 7.15. The molecule has 0 bridgehead atoms. The molecule has 0 spiro atoms. The lowest BCUT2D eigenvalue weighted by Gasteiger charge is -2.31. The van der Waals surface area contributed by atoms with Crippen molar-refractivity contribution in [3.8, 4) is 0 Å². The van der Waals surface area contributed by atoms with Crippen molar-refractivity contribution in [1.29, 1.82) is 0 Å². The van der Waals surface area contributed by atoms with Gasteiger partial charge < -0.3 is 11.5 Å². The van der Waals surface area contributed by atoms with Crippen LogP contribution in [0.3, 0.4) is 0 Å². The summed E-state index contributed by atoms with van der Waals surface area (Å²) in [6, 6.07) is 0. The molecule has 2 rings (SSSR count). The van der Waals surface area contributed by atoms with Gasteiger partial charge in [-0.2, -0.15) is 4.99 Å². The number of aliphatic imine (C=N–C) groups is 1. The topological polar surface area (TPSA) is 77.3 Å². The third-order valence-electron chi connectivity index (χ3n) is 3.40. The summed E-state index contributed by atoms with van der Waals surface area (Å²) in [4.78, 5) is 9.88. The molecule has 1 aromatic heterocycles. The molecule has 4 N–H and O–H groups in total. The second-order valence-corrected chi connectivity index (χ2v) is 5.81. The van der Waals surface area contributed by atoms with Crippen molar-refractivity contribution in [3.05, 3.63) is 10.6 Å². The van der Waals surface area contributed by atoms with Gasteiger partial charge in [-0.15, -0.1) is 0 Å². The average Bonchev–Trinajstić information content (AvgIpc) is 2.58. The summed E-state index contributed by atoms with van der Waals surface area (Å²) in [5, 5.41) is 0.699. The molecule has 1 aliphatic carbocycles. The zero-order valence-corrected chi connectivity index (χ0v) is 10.6. The highest BCUT2D eigenvalue weighted by atomic mass is 32.1. The molecule has 0 aromatic carbocycles. The van der Waals surface area contributed by atoms with Crippen LogP contribution in [0, 0.1) is 5.41 Å². The van der Waals surface area contributed by atoms with Crippen LogP contribution in [0.1, 0.15) is 37.3 Å². The van der Waals surface area contributed by atoms with Gasteiger partial charge in [-0.05, 0) is 24.7 Å². The maximum absolute atomic E-state index is 5.36. The first-order valence-corrected chi connectivity index (χ1v) is 6.42. The molecule has 1 atom stereocenters. The Morgan fingerprint density at radius 3 is 2.94 bits per heavy atom. The largest absolute Gasteiger partial charge is 0.370 e. The molecule has 1 heterocycles. The number of hydrogen-bond donors (Lipinski definition) is 2. The highest BCUT2D eigenvalue weighted by Crippen LogP contribution is 2.41. The molecule has 0 saturated heterocycles. The van der Waals surface area contributed by atoms with E-state index in [1.165, 1.54) is 23.4 Å². The van der Waals surface area contributed by atoms with E-state index in [9.17, 15) is 0 Å². The molecule has 88 valence electrons. The number of hydrogen-bond acceptors (Lipinski definition) is 3. The quantitative estimate of drug-likeness (QED) is 0.610. The first-order valence-electron chi connectivity index (χ1n) is 5.60. The van der Waals surface area contributed by atoms with Crippen LogP contribution < -0.4 is 11.5 Å². The summed E-state index contributed by atoms with van der Waals surface area (Å²) in [5.74, 6) is 0.0874. The first kappa shape index (κ1) is 11.4. The van der Waals surface area contributed by atoms with Gasteiger partial charge in [0.05, 0.1) is 5.69 Å². The van der Waals surface area contributed by atoms with Crippen LogP contribution >= 0.6 is 11.3 Å². The molecule has 0 saturated carbocycles. The maximum Gasteiger partial charge on any atom is 0.212 e. The predicted molar refractivity (Wildman–Crippen MR) is 68.0 cm³/mol. The van der Waals surface area contributed by atoms with Crippen LogP contribution in [-0.2, 0) is 12.8 Å². The lowest BCUT2D eigenvalue weighted by molar-refractivity contribution is 0.266. The molecule has 4 nitrogen and oxygen atoms in total. The summed E-state index contributed by atoms with van der Waals surface area (Å²) < 4.78 is 0. The first-order chi connectivity index (χ1) is 7.52. The van der Waals surface area contributed by atoms with E-state index in [1.807, 2.05) is 0 Å². The Hall–Kier alpha value is -1.10. The van der Waals surface area contributed by atoms with E-state index in [4.69, 9.17) is 11.5 Å². The highest BCUT2D eigenvalue weighted by Gasteiger charge is 2.30. The Balaban J connectivity index is 2.27. The fourth-order valence-corrected chi connectivity index (χ4v) is 3.04. The van der Waals surface area contributed by atoms with E-state index < -0.39 is 0 Å². The van der Waals surface area contributed by atoms with Gasteiger partial charge in [-0.3, -0.25) is 0 Å². The lowest BCUT2D eigenvalue weighted by Crippen LogP contribution is -2.24. The second-order valence-electron chi connectivity index (χ2n) is 4.74. The fraction of sp³-hybridized carbons (Fsp3) is 0.636. The Morgan fingerprint density at radius 1 is 1.56 bits per heavy atom. The maximum atomic E-state index is 5.36. The van der Waals surface area contributed by atoms with Crippen LogP contribution in [0.5, 0.6) is 0 Å². The van der Waals surface area contributed by atoms with Crippen molar-refractivity contribution in [1.82, 2.24) is 4.98 Å². The number of nitrogens with two attached hydrogens (primary N) is 2. The molecule has 1 aliphatic rings. The Bertz CT molecular complexity index is 420. The molecule has 16 heavy (non-hydrogen) atoms. The summed E-state index contributed by atoms with van der Waals surface area (Å²) in [7, 11) is 0. The van der Waals surface area contributed by atoms with Gasteiger partial charge in [0.1, 0.15) is 0 Å². The van der Waals surface area contributed by atoms with Crippen molar-refractivity contribution < 1.29 is 0 Å². The molecule has 5 heteroatoms. The van der Waals surface area contributed by atoms with Crippen LogP contribution in [0.15, 0.2) is 4.99 Å². The minimum atomic E-state index is 0.0874. The molecule has 0 radical (unpaired) electrons. The van der Waals surface area contributed by atoms with E-state index in [1.54, 1.807) is 11.3 Å². The molecular weight excluding hydrogens is 220 g/mol. The minimum Gasteiger partial charge on any atom is -0.370 e. The van der Waals surface area contributed by atoms with Crippen LogP contribution in [0.25, 0.3) is 0 Å². The number of nitrogens with zero attached hydrogens (tertiary/aromatic N) is 2. The number of fused-ring (bicyclic) bond motifs is 1. The van der Waals surface area contributed by atoms with Gasteiger partial charge >= 0.3 is 0 Å². The molecular formula is C11H18N4S. The molecule has 0 aliphatic heterocycles. The van der Waals surface area contributed by atoms with Crippen molar-refractivity contribution in [2.45, 2.75) is 39.5 Å². The third kappa shape index (κ3) is 2.19. The SMILES string of the molecule is CCC1(C)CCc2sc(N=C(N)N)nc2C1. The van der Waals surface area contributed by atoms with Crippen molar-refractivity contribution in [2.24, 2.45) is 21.9 Å². The Kier molecular flexibility index (Phi) is 2.88. The zero-order valence-electron chi connectivity index (χ0n) is 9.79. The normalized spacial score (nSPS) is 23.9. The van der Waals surface area contributed by atoms with Crippen LogP contribution in [-0.4, -0.2) is 10.9 Å². The summed E-state index contributed by atoms with van der Waals surface area (Å²) in [6.45, 7) is 4.57. The van der Waals surface area contributed by atoms with E-state index >= 15 is 0 Å². The number of aromatic nitrogens is 1. The van der Waals surface area contributed by atoms with E-state index in [0.717, 1.165) is 12.8 Å². The van der Waals surface area contributed by atoms with E-state index in [2.05, 4.69) is 23.8 Å². The average molecular weight is 238 g/mol. The van der Waals surface area contributed by atoms with E-state index in [0.29, 0.717) is 10.5 Å². The molecule has 0 fully saturated rings. The smallest absolute Gasteiger partial charge is 0.212 e. The lowest BCUT2D eigenvalue weighted by atomic mass is 9.75. The molecule has 1 unspecified atom stereocenters. The standard InChI is InChI=1S/C11H18N4S/c1-3-11(2)5-4-8-7(6-11)14-10(16-8)15-9(12)13/h3-6H2,1-2H3,(H4,12,13,14,15). The van der Waals surface area contributed by atoms with Crippen LogP contribution in [0.2, 0.25) is 0 Å². The van der Waals surface area contributed by atoms with Gasteiger partial charge in [-0.1, -0.05) is 31.6 Å². The van der Waals surface area contributed by atoms with Gasteiger partial charge in [0, 0.05) is 4.88 Å². The summed E-state index contributed by atoms with van der Waals surface area (Å²) >= 11 is 1.62. The monoisotopic (exact) mass is 238 g/mol. The van der Waals surface area contributed by atoms with Crippen molar-refractivity contribution in [3.63, 3.8) is 0 Å². The number of guanidine groups is 1. The number of rotatable bonds is 2. The Morgan fingerprint density at radius 2 is 2.31 bits per heavy atom. The summed E-state index contributed by atoms with van der Waals surface area (Å²) in [5.41, 5.74) is 12.3. The zero-order chi connectivity index (χ0) is 11.8. The van der Waals surface area contributed by atoms with Gasteiger partial charge in [0.15, 0.2) is 5.96 Å². The second kappa shape index (κ2) is 4.05. The Labute approximate surface area is 99.8 Å². The third-order valence-corrected chi connectivity index (χ3v) is 4.45. The van der Waals surface area contributed by atoms with Crippen LogP contribution in [0.4, 0.5) is 5.13 Å². The molecule has 0 amide bonds. The minimum absolute atomic E-state index is 0.0874.